The number of hydrogen-bond donors (Lipinski definition) is 0. The second-order valence-corrected chi connectivity index (χ2v) is 7.16. The maximum Gasteiger partial charge on any atom is 0.257 e. The van der Waals surface area contributed by atoms with Gasteiger partial charge in [-0.2, -0.15) is 0 Å². The second-order valence-electron chi connectivity index (χ2n) is 6.72. The summed E-state index contributed by atoms with van der Waals surface area (Å²) in [6.07, 6.45) is 6.93. The van der Waals surface area contributed by atoms with Crippen molar-refractivity contribution in [2.75, 3.05) is 31.1 Å². The lowest BCUT2D eigenvalue weighted by Crippen LogP contribution is -2.46. The molecule has 4 rings (SSSR count). The van der Waals surface area contributed by atoms with Gasteiger partial charge in [-0.25, -0.2) is 9.97 Å². The van der Waals surface area contributed by atoms with Crippen LogP contribution in [0.25, 0.3) is 0 Å². The summed E-state index contributed by atoms with van der Waals surface area (Å²) in [6, 6.07) is 11.9. The maximum atomic E-state index is 5.97. The maximum absolute atomic E-state index is 5.97. The molecule has 1 aliphatic heterocycles. The Morgan fingerprint density at radius 2 is 1.68 bits per heavy atom. The minimum absolute atomic E-state index is 0.427. The molecule has 144 valence electrons. The van der Waals surface area contributed by atoms with Crippen LogP contribution in [0.3, 0.4) is 0 Å². The van der Waals surface area contributed by atoms with E-state index in [2.05, 4.69) is 36.9 Å². The smallest absolute Gasteiger partial charge is 0.257 e. The molecule has 0 saturated carbocycles. The lowest BCUT2D eigenvalue weighted by Gasteiger charge is -2.35. The van der Waals surface area contributed by atoms with Crippen LogP contribution in [0, 0.1) is 0 Å². The lowest BCUT2D eigenvalue weighted by molar-refractivity contribution is 0.246. The average molecular weight is 396 g/mol. The third-order valence-corrected chi connectivity index (χ3v) is 4.99. The summed E-state index contributed by atoms with van der Waals surface area (Å²) >= 11 is 5.97. The molecule has 0 unspecified atom stereocenters. The van der Waals surface area contributed by atoms with Crippen LogP contribution in [-0.4, -0.2) is 46.0 Å². The molecule has 6 nitrogen and oxygen atoms in total. The van der Waals surface area contributed by atoms with Crippen LogP contribution >= 0.6 is 11.6 Å². The van der Waals surface area contributed by atoms with Crippen molar-refractivity contribution in [2.24, 2.45) is 0 Å². The Hall–Kier alpha value is -2.70. The third-order valence-electron chi connectivity index (χ3n) is 4.74. The fourth-order valence-electron chi connectivity index (χ4n) is 3.24. The van der Waals surface area contributed by atoms with Gasteiger partial charge >= 0.3 is 0 Å². The first kappa shape index (κ1) is 18.7. The van der Waals surface area contributed by atoms with Crippen LogP contribution in [0.2, 0.25) is 5.02 Å². The molecule has 3 aromatic rings. The molecule has 0 radical (unpaired) electrons. The van der Waals surface area contributed by atoms with Gasteiger partial charge < -0.3 is 9.64 Å². The van der Waals surface area contributed by atoms with E-state index >= 15 is 0 Å². The summed E-state index contributed by atoms with van der Waals surface area (Å²) in [4.78, 5) is 17.7. The zero-order chi connectivity index (χ0) is 19.2. The monoisotopic (exact) mass is 395 g/mol. The summed E-state index contributed by atoms with van der Waals surface area (Å²) in [6.45, 7) is 5.04. The first-order valence-electron chi connectivity index (χ1n) is 9.32. The molecule has 1 saturated heterocycles. The highest BCUT2D eigenvalue weighted by atomic mass is 35.5. The minimum atomic E-state index is 0.427. The topological polar surface area (TPSA) is 54.4 Å². The Morgan fingerprint density at radius 3 is 2.43 bits per heavy atom. The van der Waals surface area contributed by atoms with E-state index in [0.717, 1.165) is 49.1 Å². The Kier molecular flexibility index (Phi) is 5.99. The van der Waals surface area contributed by atoms with Crippen LogP contribution in [0.15, 0.2) is 61.2 Å². The largest absolute Gasteiger partial charge is 0.470 e. The van der Waals surface area contributed by atoms with E-state index in [-0.39, 0.29) is 0 Å². The highest BCUT2D eigenvalue weighted by molar-refractivity contribution is 6.30. The first-order valence-corrected chi connectivity index (χ1v) is 9.70. The summed E-state index contributed by atoms with van der Waals surface area (Å²) in [7, 11) is 0. The van der Waals surface area contributed by atoms with Gasteiger partial charge in [0.1, 0.15) is 6.61 Å². The van der Waals surface area contributed by atoms with Gasteiger partial charge in [-0.05, 0) is 23.8 Å². The number of nitrogens with zero attached hydrogens (tertiary/aromatic N) is 5. The standard InChI is InChI=1S/C21H22ClN5O/c22-19-5-3-17(4-6-19)15-26-10-12-27(13-11-26)20-21(25-9-8-24-20)28-16-18-2-1-7-23-14-18/h1-9,14H,10-13,15-16H2. The predicted molar refractivity (Wildman–Crippen MR) is 110 cm³/mol. The number of rotatable bonds is 6. The molecule has 0 aliphatic carbocycles. The van der Waals surface area contributed by atoms with Gasteiger partial charge in [0, 0.05) is 68.1 Å². The number of ether oxygens (including phenoxy) is 1. The SMILES string of the molecule is Clc1ccc(CN2CCN(c3nccnc3OCc3cccnc3)CC2)cc1. The fourth-order valence-corrected chi connectivity index (χ4v) is 3.36. The van der Waals surface area contributed by atoms with Crippen molar-refractivity contribution in [3.8, 4) is 5.88 Å². The summed E-state index contributed by atoms with van der Waals surface area (Å²) < 4.78 is 5.93. The molecule has 1 aromatic carbocycles. The van der Waals surface area contributed by atoms with E-state index in [1.54, 1.807) is 24.8 Å². The normalized spacial score (nSPS) is 14.8. The van der Waals surface area contributed by atoms with Gasteiger partial charge in [-0.15, -0.1) is 0 Å². The van der Waals surface area contributed by atoms with E-state index in [0.29, 0.717) is 12.5 Å². The van der Waals surface area contributed by atoms with Crippen LogP contribution in [0.1, 0.15) is 11.1 Å². The Balaban J connectivity index is 1.36. The van der Waals surface area contributed by atoms with Crippen molar-refractivity contribution >= 4 is 17.4 Å². The van der Waals surface area contributed by atoms with Gasteiger partial charge in [-0.1, -0.05) is 29.8 Å². The average Bonchev–Trinajstić information content (AvgIpc) is 2.75. The fraction of sp³-hybridized carbons (Fsp3) is 0.286. The number of piperazine rings is 1. The molecule has 0 amide bonds. The number of anilines is 1. The molecule has 2 aromatic heterocycles. The quantitative estimate of drug-likeness (QED) is 0.637. The lowest BCUT2D eigenvalue weighted by atomic mass is 10.2. The molecular formula is C21H22ClN5O. The predicted octanol–water partition coefficient (Wildman–Crippen LogP) is 3.43. The van der Waals surface area contributed by atoms with E-state index < -0.39 is 0 Å². The molecular weight excluding hydrogens is 374 g/mol. The third kappa shape index (κ3) is 4.77. The molecule has 7 heteroatoms. The van der Waals surface area contributed by atoms with Gasteiger partial charge in [-0.3, -0.25) is 9.88 Å². The molecule has 0 bridgehead atoms. The van der Waals surface area contributed by atoms with E-state index in [9.17, 15) is 0 Å². The Morgan fingerprint density at radius 1 is 0.893 bits per heavy atom. The van der Waals surface area contributed by atoms with Crippen LogP contribution in [-0.2, 0) is 13.2 Å². The zero-order valence-corrected chi connectivity index (χ0v) is 16.3. The van der Waals surface area contributed by atoms with Gasteiger partial charge in [0.2, 0.25) is 0 Å². The van der Waals surface area contributed by atoms with E-state index in [4.69, 9.17) is 16.3 Å². The van der Waals surface area contributed by atoms with Crippen LogP contribution in [0.4, 0.5) is 5.82 Å². The van der Waals surface area contributed by atoms with Gasteiger partial charge in [0.15, 0.2) is 5.82 Å². The second kappa shape index (κ2) is 8.99. The van der Waals surface area contributed by atoms with Crippen molar-refractivity contribution in [3.63, 3.8) is 0 Å². The van der Waals surface area contributed by atoms with E-state index in [1.165, 1.54) is 5.56 Å². The molecule has 0 atom stereocenters. The first-order chi connectivity index (χ1) is 13.8. The molecule has 0 spiro atoms. The van der Waals surface area contributed by atoms with Crippen LogP contribution in [0.5, 0.6) is 5.88 Å². The Bertz CT molecular complexity index is 883. The number of halogens is 1. The molecule has 1 aliphatic rings. The van der Waals surface area contributed by atoms with Crippen molar-refractivity contribution in [3.05, 3.63) is 77.3 Å². The number of hydrogen-bond acceptors (Lipinski definition) is 6. The van der Waals surface area contributed by atoms with Gasteiger partial charge in [0.25, 0.3) is 5.88 Å². The minimum Gasteiger partial charge on any atom is -0.470 e. The van der Waals surface area contributed by atoms with Crippen molar-refractivity contribution < 1.29 is 4.74 Å². The molecule has 1 fully saturated rings. The highest BCUT2D eigenvalue weighted by Gasteiger charge is 2.21. The van der Waals surface area contributed by atoms with Crippen molar-refractivity contribution in [2.45, 2.75) is 13.2 Å². The molecule has 0 N–H and O–H groups in total. The van der Waals surface area contributed by atoms with E-state index in [1.807, 2.05) is 24.3 Å². The number of aromatic nitrogens is 3. The van der Waals surface area contributed by atoms with Crippen LogP contribution < -0.4 is 9.64 Å². The highest BCUT2D eigenvalue weighted by Crippen LogP contribution is 2.25. The van der Waals surface area contributed by atoms with Gasteiger partial charge in [0.05, 0.1) is 0 Å². The summed E-state index contributed by atoms with van der Waals surface area (Å²) in [5.41, 5.74) is 2.28. The molecule has 3 heterocycles. The Labute approximate surface area is 169 Å². The van der Waals surface area contributed by atoms with Crippen molar-refractivity contribution in [1.82, 2.24) is 19.9 Å². The summed E-state index contributed by atoms with van der Waals surface area (Å²) in [5, 5.41) is 0.773. The zero-order valence-electron chi connectivity index (χ0n) is 15.5. The summed E-state index contributed by atoms with van der Waals surface area (Å²) in [5.74, 6) is 1.37. The van der Waals surface area contributed by atoms with Crippen molar-refractivity contribution in [1.29, 1.82) is 0 Å². The number of pyridine rings is 1. The molecule has 28 heavy (non-hydrogen) atoms. The number of benzene rings is 1.